The van der Waals surface area contributed by atoms with Crippen molar-refractivity contribution in [2.75, 3.05) is 5.32 Å². The van der Waals surface area contributed by atoms with Gasteiger partial charge in [-0.2, -0.15) is 0 Å². The van der Waals surface area contributed by atoms with E-state index in [1.54, 1.807) is 5.38 Å². The average molecular weight is 289 g/mol. The molecule has 5 nitrogen and oxygen atoms in total. The van der Waals surface area contributed by atoms with E-state index in [0.29, 0.717) is 17.2 Å². The first-order valence-corrected chi connectivity index (χ1v) is 6.99. The molecule has 0 unspecified atom stereocenters. The van der Waals surface area contributed by atoms with E-state index in [0.717, 1.165) is 11.1 Å². The molecule has 0 saturated heterocycles. The summed E-state index contributed by atoms with van der Waals surface area (Å²) in [5.74, 6) is -0.568. The minimum atomic E-state index is -0.437. The van der Waals surface area contributed by atoms with Crippen LogP contribution in [0.4, 0.5) is 5.13 Å². The van der Waals surface area contributed by atoms with E-state index >= 15 is 0 Å². The summed E-state index contributed by atoms with van der Waals surface area (Å²) in [5.41, 5.74) is 7.77. The molecule has 0 fully saturated rings. The molecule has 0 radical (unpaired) electrons. The number of nitrogens with two attached hydrogens (primary N) is 1. The van der Waals surface area contributed by atoms with Crippen LogP contribution < -0.4 is 11.1 Å². The van der Waals surface area contributed by atoms with E-state index in [9.17, 15) is 9.59 Å². The molecule has 0 saturated carbocycles. The summed E-state index contributed by atoms with van der Waals surface area (Å²) in [5, 5.41) is 4.91. The molecule has 6 heteroatoms. The van der Waals surface area contributed by atoms with E-state index in [-0.39, 0.29) is 12.3 Å². The maximum absolute atomic E-state index is 11.9. The van der Waals surface area contributed by atoms with Gasteiger partial charge in [0.25, 0.3) is 0 Å². The highest BCUT2D eigenvalue weighted by atomic mass is 32.1. The molecule has 1 aromatic heterocycles. The van der Waals surface area contributed by atoms with Crippen molar-refractivity contribution in [1.82, 2.24) is 4.98 Å². The summed E-state index contributed by atoms with van der Waals surface area (Å²) in [6.45, 7) is 2.00. The maximum Gasteiger partial charge on any atom is 0.230 e. The number of amides is 2. The first kappa shape index (κ1) is 14.2. The molecule has 1 aromatic carbocycles. The summed E-state index contributed by atoms with van der Waals surface area (Å²) in [4.78, 5) is 26.8. The number of thiazole rings is 1. The zero-order chi connectivity index (χ0) is 14.5. The highest BCUT2D eigenvalue weighted by Crippen LogP contribution is 2.16. The van der Waals surface area contributed by atoms with Crippen LogP contribution in [0.5, 0.6) is 0 Å². The van der Waals surface area contributed by atoms with Crippen LogP contribution in [0.1, 0.15) is 16.8 Å². The minimum absolute atomic E-state index is 0.0876. The number of hydrogen-bond acceptors (Lipinski definition) is 4. The highest BCUT2D eigenvalue weighted by molar-refractivity contribution is 7.13. The molecule has 20 heavy (non-hydrogen) atoms. The molecule has 2 rings (SSSR count). The fourth-order valence-electron chi connectivity index (χ4n) is 1.68. The van der Waals surface area contributed by atoms with Gasteiger partial charge in [0.05, 0.1) is 18.5 Å². The van der Waals surface area contributed by atoms with Crippen molar-refractivity contribution < 1.29 is 9.59 Å². The molecule has 104 valence electrons. The number of primary amides is 1. The number of carbonyl (C=O) groups excluding carboxylic acids is 2. The normalized spacial score (nSPS) is 10.2. The molecular formula is C14H15N3O2S. The molecule has 2 aromatic rings. The van der Waals surface area contributed by atoms with Gasteiger partial charge in [-0.15, -0.1) is 11.3 Å². The SMILES string of the molecule is Cc1ccc(CC(=O)Nc2nc(CC(N)=O)cs2)cc1. The van der Waals surface area contributed by atoms with E-state index in [1.165, 1.54) is 11.3 Å². The minimum Gasteiger partial charge on any atom is -0.369 e. The van der Waals surface area contributed by atoms with Crippen LogP contribution in [0.2, 0.25) is 0 Å². The second kappa shape index (κ2) is 6.29. The van der Waals surface area contributed by atoms with Gasteiger partial charge >= 0.3 is 0 Å². The lowest BCUT2D eigenvalue weighted by molar-refractivity contribution is -0.117. The Morgan fingerprint density at radius 2 is 1.95 bits per heavy atom. The third-order valence-corrected chi connectivity index (χ3v) is 3.45. The monoisotopic (exact) mass is 289 g/mol. The Morgan fingerprint density at radius 3 is 2.60 bits per heavy atom. The summed E-state index contributed by atoms with van der Waals surface area (Å²) >= 11 is 1.28. The number of nitrogens with zero attached hydrogens (tertiary/aromatic N) is 1. The lowest BCUT2D eigenvalue weighted by Crippen LogP contribution is -2.15. The smallest absolute Gasteiger partial charge is 0.230 e. The lowest BCUT2D eigenvalue weighted by atomic mass is 10.1. The molecule has 2 amide bonds. The summed E-state index contributed by atoms with van der Waals surface area (Å²) in [7, 11) is 0. The lowest BCUT2D eigenvalue weighted by Gasteiger charge is -2.02. The molecule has 0 bridgehead atoms. The largest absolute Gasteiger partial charge is 0.369 e. The Morgan fingerprint density at radius 1 is 1.25 bits per heavy atom. The third kappa shape index (κ3) is 4.17. The number of benzene rings is 1. The standard InChI is InChI=1S/C14H15N3O2S/c1-9-2-4-10(5-3-9)6-13(19)17-14-16-11(8-20-14)7-12(15)18/h2-5,8H,6-7H2,1H3,(H2,15,18)(H,16,17,19). The predicted molar refractivity (Wildman–Crippen MR) is 78.5 cm³/mol. The molecule has 0 aliphatic carbocycles. The van der Waals surface area contributed by atoms with Gasteiger partial charge in [-0.1, -0.05) is 29.8 Å². The number of rotatable bonds is 5. The van der Waals surface area contributed by atoms with E-state index in [1.807, 2.05) is 31.2 Å². The van der Waals surface area contributed by atoms with Crippen molar-refractivity contribution in [1.29, 1.82) is 0 Å². The number of aryl methyl sites for hydroxylation is 1. The van der Waals surface area contributed by atoms with Crippen molar-refractivity contribution in [2.24, 2.45) is 5.73 Å². The van der Waals surface area contributed by atoms with Gasteiger partial charge in [-0.25, -0.2) is 4.98 Å². The molecule has 0 aliphatic heterocycles. The molecule has 0 spiro atoms. The molecule has 0 aliphatic rings. The zero-order valence-corrected chi connectivity index (χ0v) is 11.9. The van der Waals surface area contributed by atoms with Gasteiger partial charge in [-0.05, 0) is 12.5 Å². The fourth-order valence-corrected chi connectivity index (χ4v) is 2.41. The topological polar surface area (TPSA) is 85.1 Å². The van der Waals surface area contributed by atoms with Crippen molar-refractivity contribution in [3.63, 3.8) is 0 Å². The Bertz CT molecular complexity index is 620. The number of hydrogen-bond donors (Lipinski definition) is 2. The molecule has 0 atom stereocenters. The van der Waals surface area contributed by atoms with Gasteiger partial charge in [-0.3, -0.25) is 9.59 Å². The fraction of sp³-hybridized carbons (Fsp3) is 0.214. The second-order valence-corrected chi connectivity index (χ2v) is 5.36. The van der Waals surface area contributed by atoms with E-state index in [4.69, 9.17) is 5.73 Å². The van der Waals surface area contributed by atoms with Crippen LogP contribution in [-0.4, -0.2) is 16.8 Å². The van der Waals surface area contributed by atoms with Gasteiger partial charge in [0, 0.05) is 5.38 Å². The van der Waals surface area contributed by atoms with Crippen LogP contribution >= 0.6 is 11.3 Å². The average Bonchev–Trinajstić information content (AvgIpc) is 2.78. The Balaban J connectivity index is 1.92. The Labute approximate surface area is 120 Å². The van der Waals surface area contributed by atoms with Crippen LogP contribution in [0.25, 0.3) is 0 Å². The number of anilines is 1. The maximum atomic E-state index is 11.9. The summed E-state index contributed by atoms with van der Waals surface area (Å²) in [6, 6.07) is 7.79. The Kier molecular flexibility index (Phi) is 4.47. The predicted octanol–water partition coefficient (Wildman–Crippen LogP) is 1.66. The van der Waals surface area contributed by atoms with Crippen molar-refractivity contribution in [2.45, 2.75) is 19.8 Å². The van der Waals surface area contributed by atoms with Gasteiger partial charge in [0.15, 0.2) is 5.13 Å². The van der Waals surface area contributed by atoms with Gasteiger partial charge in [0.1, 0.15) is 0 Å². The quantitative estimate of drug-likeness (QED) is 0.877. The Hall–Kier alpha value is -2.21. The van der Waals surface area contributed by atoms with Crippen LogP contribution in [0.3, 0.4) is 0 Å². The first-order valence-electron chi connectivity index (χ1n) is 6.11. The first-order chi connectivity index (χ1) is 9.52. The summed E-state index contributed by atoms with van der Waals surface area (Å²) < 4.78 is 0. The van der Waals surface area contributed by atoms with Crippen molar-refractivity contribution in [3.8, 4) is 0 Å². The summed E-state index contributed by atoms with van der Waals surface area (Å²) in [6.07, 6.45) is 0.384. The number of carbonyl (C=O) groups is 2. The van der Waals surface area contributed by atoms with Crippen LogP contribution in [0, 0.1) is 6.92 Å². The van der Waals surface area contributed by atoms with Gasteiger partial charge in [0.2, 0.25) is 11.8 Å². The zero-order valence-electron chi connectivity index (χ0n) is 11.1. The third-order valence-electron chi connectivity index (χ3n) is 2.64. The molecule has 1 heterocycles. The second-order valence-electron chi connectivity index (χ2n) is 4.50. The van der Waals surface area contributed by atoms with E-state index < -0.39 is 5.91 Å². The molecular weight excluding hydrogens is 274 g/mol. The number of aromatic nitrogens is 1. The van der Waals surface area contributed by atoms with Crippen LogP contribution in [0.15, 0.2) is 29.6 Å². The van der Waals surface area contributed by atoms with Gasteiger partial charge < -0.3 is 11.1 Å². The highest BCUT2D eigenvalue weighted by Gasteiger charge is 2.08. The van der Waals surface area contributed by atoms with Crippen LogP contribution in [-0.2, 0) is 22.4 Å². The molecule has 3 N–H and O–H groups in total. The number of nitrogens with one attached hydrogen (secondary N) is 1. The van der Waals surface area contributed by atoms with E-state index in [2.05, 4.69) is 10.3 Å². The van der Waals surface area contributed by atoms with Crippen molar-refractivity contribution in [3.05, 3.63) is 46.5 Å². The van der Waals surface area contributed by atoms with Crippen molar-refractivity contribution >= 4 is 28.3 Å².